The second kappa shape index (κ2) is 5.36. The van der Waals surface area contributed by atoms with E-state index in [4.69, 9.17) is 9.88 Å². The minimum Gasteiger partial charge on any atom is -0.447 e. The van der Waals surface area contributed by atoms with Crippen LogP contribution in [0.3, 0.4) is 0 Å². The third-order valence-electron chi connectivity index (χ3n) is 2.11. The van der Waals surface area contributed by atoms with Gasteiger partial charge in [0.1, 0.15) is 0 Å². The lowest BCUT2D eigenvalue weighted by Crippen LogP contribution is -2.19. The van der Waals surface area contributed by atoms with Crippen molar-refractivity contribution in [1.29, 1.82) is 0 Å². The molecule has 0 saturated heterocycles. The molecule has 0 atom stereocenters. The summed E-state index contributed by atoms with van der Waals surface area (Å²) < 4.78 is 27.2. The monoisotopic (exact) mass is 272 g/mol. The van der Waals surface area contributed by atoms with Crippen LogP contribution < -0.4 is 10.5 Å². The number of hydrogen-bond donors (Lipinski definition) is 2. The molecule has 18 heavy (non-hydrogen) atoms. The number of benzene rings is 1. The maximum Gasteiger partial charge on any atom is 0.411 e. The van der Waals surface area contributed by atoms with E-state index in [1.165, 1.54) is 18.2 Å². The Labute approximate surface area is 106 Å². The minimum absolute atomic E-state index is 0.00257. The minimum atomic E-state index is -3.73. The van der Waals surface area contributed by atoms with Crippen LogP contribution in [0.25, 0.3) is 0 Å². The molecule has 6 nitrogen and oxygen atoms in total. The molecule has 7 heteroatoms. The van der Waals surface area contributed by atoms with E-state index in [0.717, 1.165) is 0 Å². The summed E-state index contributed by atoms with van der Waals surface area (Å²) in [6, 6.07) is 4.18. The summed E-state index contributed by atoms with van der Waals surface area (Å²) in [6.45, 7) is 5.13. The van der Waals surface area contributed by atoms with Gasteiger partial charge in [0.25, 0.3) is 0 Å². The molecule has 0 fully saturated rings. The van der Waals surface area contributed by atoms with Gasteiger partial charge in [-0.2, -0.15) is 0 Å². The van der Waals surface area contributed by atoms with E-state index in [1.54, 1.807) is 20.8 Å². The van der Waals surface area contributed by atoms with Crippen LogP contribution in [0.1, 0.15) is 19.4 Å². The second-order valence-corrected chi connectivity index (χ2v) is 5.66. The summed E-state index contributed by atoms with van der Waals surface area (Å²) >= 11 is 0. The number of aryl methyl sites for hydroxylation is 1. The van der Waals surface area contributed by atoms with Crippen molar-refractivity contribution >= 4 is 21.8 Å². The molecule has 0 aliphatic rings. The molecular formula is C11H16N2O4S. The van der Waals surface area contributed by atoms with Gasteiger partial charge in [-0.15, -0.1) is 0 Å². The Morgan fingerprint density at radius 2 is 2.00 bits per heavy atom. The van der Waals surface area contributed by atoms with E-state index >= 15 is 0 Å². The Kier molecular flexibility index (Phi) is 4.31. The van der Waals surface area contributed by atoms with Crippen molar-refractivity contribution in [1.82, 2.24) is 0 Å². The van der Waals surface area contributed by atoms with Gasteiger partial charge in [0.05, 0.1) is 11.0 Å². The van der Waals surface area contributed by atoms with Crippen molar-refractivity contribution < 1.29 is 17.9 Å². The maximum atomic E-state index is 11.4. The number of nitrogens with one attached hydrogen (secondary N) is 1. The summed E-state index contributed by atoms with van der Waals surface area (Å²) in [6.07, 6.45) is -0.814. The smallest absolute Gasteiger partial charge is 0.411 e. The number of ether oxygens (including phenoxy) is 1. The van der Waals surface area contributed by atoms with E-state index < -0.39 is 16.1 Å². The third-order valence-corrected chi connectivity index (χ3v) is 3.02. The Bertz CT molecular complexity index is 552. The van der Waals surface area contributed by atoms with Crippen molar-refractivity contribution in [2.24, 2.45) is 5.14 Å². The fourth-order valence-corrected chi connectivity index (χ4v) is 1.91. The topological polar surface area (TPSA) is 98.5 Å². The van der Waals surface area contributed by atoms with Gasteiger partial charge in [-0.1, -0.05) is 0 Å². The number of primary sulfonamides is 1. The summed E-state index contributed by atoms with van der Waals surface area (Å²) in [4.78, 5) is 11.4. The molecule has 3 N–H and O–H groups in total. The summed E-state index contributed by atoms with van der Waals surface area (Å²) in [5.74, 6) is 0. The normalized spacial score (nSPS) is 11.4. The van der Waals surface area contributed by atoms with Crippen molar-refractivity contribution in [2.45, 2.75) is 31.8 Å². The number of sulfonamides is 1. The largest absolute Gasteiger partial charge is 0.447 e. The highest BCUT2D eigenvalue weighted by atomic mass is 32.2. The number of anilines is 1. The van der Waals surface area contributed by atoms with Crippen LogP contribution in [-0.2, 0) is 14.8 Å². The van der Waals surface area contributed by atoms with E-state index in [9.17, 15) is 13.2 Å². The lowest BCUT2D eigenvalue weighted by atomic mass is 10.2. The molecule has 0 aliphatic heterocycles. The molecule has 0 aliphatic carbocycles. The zero-order valence-electron chi connectivity index (χ0n) is 10.4. The average Bonchev–Trinajstić information content (AvgIpc) is 2.18. The van der Waals surface area contributed by atoms with E-state index in [-0.39, 0.29) is 11.0 Å². The Balaban J connectivity index is 2.90. The zero-order chi connectivity index (χ0) is 13.9. The first kappa shape index (κ1) is 14.5. The summed E-state index contributed by atoms with van der Waals surface area (Å²) in [5, 5.41) is 7.53. The predicted octanol–water partition coefficient (Wildman–Crippen LogP) is 1.60. The molecule has 100 valence electrons. The summed E-state index contributed by atoms with van der Waals surface area (Å²) in [5.41, 5.74) is 1.07. The molecule has 0 saturated carbocycles. The second-order valence-electron chi connectivity index (χ2n) is 4.10. The number of amides is 1. The van der Waals surface area contributed by atoms with Crippen LogP contribution in [0.15, 0.2) is 23.1 Å². The van der Waals surface area contributed by atoms with Gasteiger partial charge in [0.2, 0.25) is 10.0 Å². The van der Waals surface area contributed by atoms with Crippen molar-refractivity contribution in [3.63, 3.8) is 0 Å². The first-order chi connectivity index (χ1) is 8.20. The molecule has 0 bridgehead atoms. The van der Waals surface area contributed by atoms with Crippen LogP contribution in [0, 0.1) is 6.92 Å². The molecule has 1 rings (SSSR count). The van der Waals surface area contributed by atoms with E-state index in [1.807, 2.05) is 0 Å². The van der Waals surface area contributed by atoms with Gasteiger partial charge >= 0.3 is 6.09 Å². The van der Waals surface area contributed by atoms with Crippen LogP contribution in [0.5, 0.6) is 0 Å². The highest BCUT2D eigenvalue weighted by Gasteiger charge is 2.12. The van der Waals surface area contributed by atoms with Crippen LogP contribution in [0.4, 0.5) is 10.5 Å². The maximum absolute atomic E-state index is 11.4. The van der Waals surface area contributed by atoms with E-state index in [0.29, 0.717) is 11.3 Å². The lowest BCUT2D eigenvalue weighted by molar-refractivity contribution is 0.130. The fraction of sp³-hybridized carbons (Fsp3) is 0.364. The molecule has 1 amide bonds. The van der Waals surface area contributed by atoms with Gasteiger partial charge in [-0.3, -0.25) is 5.32 Å². The van der Waals surface area contributed by atoms with Crippen molar-refractivity contribution in [2.75, 3.05) is 5.32 Å². The van der Waals surface area contributed by atoms with Crippen LogP contribution in [-0.4, -0.2) is 20.6 Å². The first-order valence-corrected chi connectivity index (χ1v) is 6.86. The zero-order valence-corrected chi connectivity index (χ0v) is 11.2. The van der Waals surface area contributed by atoms with Gasteiger partial charge in [0.15, 0.2) is 0 Å². The molecule has 0 aromatic heterocycles. The molecule has 0 radical (unpaired) electrons. The van der Waals surface area contributed by atoms with E-state index in [2.05, 4.69) is 5.32 Å². The average molecular weight is 272 g/mol. The van der Waals surface area contributed by atoms with Gasteiger partial charge in [-0.25, -0.2) is 18.4 Å². The standard InChI is InChI=1S/C11H16N2O4S/c1-7(2)17-11(14)13-10-5-4-9(6-8(10)3)18(12,15)16/h4-7H,1-3H3,(H,13,14)(H2,12,15,16). The highest BCUT2D eigenvalue weighted by Crippen LogP contribution is 2.19. The Hall–Kier alpha value is -1.60. The lowest BCUT2D eigenvalue weighted by Gasteiger charge is -2.11. The Morgan fingerprint density at radius 1 is 1.39 bits per heavy atom. The third kappa shape index (κ3) is 4.01. The number of carbonyl (C=O) groups is 1. The van der Waals surface area contributed by atoms with Crippen molar-refractivity contribution in [3.8, 4) is 0 Å². The number of carbonyl (C=O) groups excluding carboxylic acids is 1. The molecule has 1 aromatic rings. The number of rotatable bonds is 3. The predicted molar refractivity (Wildman–Crippen MR) is 67.8 cm³/mol. The fourth-order valence-electron chi connectivity index (χ4n) is 1.31. The quantitative estimate of drug-likeness (QED) is 0.873. The first-order valence-electron chi connectivity index (χ1n) is 5.31. The van der Waals surface area contributed by atoms with Crippen molar-refractivity contribution in [3.05, 3.63) is 23.8 Å². The molecule has 0 unspecified atom stereocenters. The van der Waals surface area contributed by atoms with Gasteiger partial charge in [-0.05, 0) is 44.5 Å². The number of nitrogens with two attached hydrogens (primary N) is 1. The number of hydrogen-bond acceptors (Lipinski definition) is 4. The molecule has 0 spiro atoms. The molecule has 0 heterocycles. The molecular weight excluding hydrogens is 256 g/mol. The highest BCUT2D eigenvalue weighted by molar-refractivity contribution is 7.89. The van der Waals surface area contributed by atoms with Gasteiger partial charge < -0.3 is 4.74 Å². The van der Waals surface area contributed by atoms with Crippen LogP contribution >= 0.6 is 0 Å². The molecule has 1 aromatic carbocycles. The Morgan fingerprint density at radius 3 is 2.44 bits per heavy atom. The summed E-state index contributed by atoms with van der Waals surface area (Å²) in [7, 11) is -3.73. The van der Waals surface area contributed by atoms with Gasteiger partial charge in [0, 0.05) is 5.69 Å². The van der Waals surface area contributed by atoms with Crippen LogP contribution in [0.2, 0.25) is 0 Å². The SMILES string of the molecule is Cc1cc(S(N)(=O)=O)ccc1NC(=O)OC(C)C.